The van der Waals surface area contributed by atoms with Crippen LogP contribution in [-0.4, -0.2) is 222 Å². The Labute approximate surface area is 531 Å². The van der Waals surface area contributed by atoms with E-state index < -0.39 is 169 Å². The van der Waals surface area contributed by atoms with E-state index in [1.54, 1.807) is 20.8 Å². The fourth-order valence-electron chi connectivity index (χ4n) is 12.0. The second-order valence-corrected chi connectivity index (χ2v) is 26.0. The summed E-state index contributed by atoms with van der Waals surface area (Å²) < 4.78 is 82.3. The summed E-state index contributed by atoms with van der Waals surface area (Å²) in [5, 5.41) is 11.3. The smallest absolute Gasteiger partial charge is 0.351 e. The van der Waals surface area contributed by atoms with Gasteiger partial charge >= 0.3 is 6.18 Å². The Hall–Kier alpha value is -7.03. The van der Waals surface area contributed by atoms with Crippen LogP contribution < -0.4 is 21.3 Å². The number of hydrogen-bond donors (Lipinski definition) is 4. The molecular formula is C63H97F6N11O11. The number of carbonyl (C=O) groups is 11. The summed E-state index contributed by atoms with van der Waals surface area (Å²) in [5.74, 6) is -10.3. The molecule has 0 unspecified atom stereocenters. The first-order chi connectivity index (χ1) is 42.4. The number of nitrogens with one attached hydrogen (secondary N) is 4. The molecule has 2 aliphatic heterocycles. The molecule has 91 heavy (non-hydrogen) atoms. The molecule has 8 atom stereocenters. The van der Waals surface area contributed by atoms with Gasteiger partial charge in [-0.2, -0.15) is 13.2 Å². The van der Waals surface area contributed by atoms with Crippen molar-refractivity contribution in [2.75, 3.05) is 68.5 Å². The van der Waals surface area contributed by atoms with Crippen molar-refractivity contribution < 1.29 is 79.1 Å². The third-order valence-corrected chi connectivity index (χ3v) is 17.7. The zero-order chi connectivity index (χ0) is 68.6. The molecule has 0 aromatic heterocycles. The number of unbranched alkanes of at least 4 members (excludes halogenated alkanes) is 1. The molecular weight excluding hydrogens is 1200 g/mol. The van der Waals surface area contributed by atoms with E-state index in [2.05, 4.69) is 21.3 Å². The van der Waals surface area contributed by atoms with Crippen LogP contribution in [0, 0.1) is 23.6 Å². The highest BCUT2D eigenvalue weighted by molar-refractivity contribution is 5.99. The summed E-state index contributed by atoms with van der Waals surface area (Å²) in [4.78, 5) is 166. The molecule has 2 saturated heterocycles. The van der Waals surface area contributed by atoms with E-state index in [0.717, 1.165) is 25.7 Å². The number of rotatable bonds is 14. The number of likely N-dealkylation sites (N-methyl/N-ethyl adjacent to an activating group) is 6. The van der Waals surface area contributed by atoms with Crippen LogP contribution in [0.2, 0.25) is 0 Å². The van der Waals surface area contributed by atoms with E-state index in [-0.39, 0.29) is 101 Å². The summed E-state index contributed by atoms with van der Waals surface area (Å²) in [6, 6.07) is -6.24. The lowest BCUT2D eigenvalue weighted by molar-refractivity contribution is -0.149. The molecule has 28 heteroatoms. The number of hydrogen-bond acceptors (Lipinski definition) is 11. The first-order valence-corrected chi connectivity index (χ1v) is 31.6. The van der Waals surface area contributed by atoms with Gasteiger partial charge in [0.1, 0.15) is 47.6 Å². The van der Waals surface area contributed by atoms with E-state index in [1.807, 2.05) is 27.7 Å². The number of halogens is 6. The SMILES string of the molecule is CC[C@H](C)[C@@H]1NC(=O)[C@H](CC(C)C)N(C)C(=O)C[C@@H](C)NC(=O)[C@H](CC(C)C)N(C)C(=O)C2(CCCC2)NC(=O)[C@@H]2CCCN2C(=O)[C@H](CCc2ccc(C(F)(F)F)c(F)c2)NC(=O)CN(C)C(=O)[C@H](CCCCC(F)F)N(C)C(=O)CN(C)C(=O)CN(C)C1=O. The lowest BCUT2D eigenvalue weighted by Crippen LogP contribution is -2.64. The van der Waals surface area contributed by atoms with Crippen LogP contribution in [0.1, 0.15) is 156 Å². The van der Waals surface area contributed by atoms with Crippen LogP contribution in [0.3, 0.4) is 0 Å². The standard InChI is InChI=1S/C63H97F6N11O11/c1-14-39(6)54-60(90)76(10)35-52(83)74(8)36-53(84)77(11)46(20-15-16-22-49(65)66)59(89)75(9)34-50(81)71-44(26-24-41-23-25-42(43(64)33-41)63(67,68)69)58(88)80-29-19-21-45(80)57(87)73-62(27-17-18-28-62)61(91)79(13)48(31-38(4)5)55(85)70-40(7)32-51(82)78(12)47(30-37(2)3)56(86)72-54/h23,25,33,37-40,44-49,54H,14-22,24,26-32,34-36H2,1-13H3,(H,70,85)(H,71,81)(H,72,86)(H,73,87)/t39-,40+,44-,45-,46-,47-,48-,54-/m0/s1. The summed E-state index contributed by atoms with van der Waals surface area (Å²) in [6.45, 7) is 10.5. The molecule has 0 radical (unpaired) electrons. The van der Waals surface area contributed by atoms with Crippen molar-refractivity contribution in [1.82, 2.24) is 55.6 Å². The maximum absolute atomic E-state index is 15.0. The molecule has 3 aliphatic rings. The molecule has 3 fully saturated rings. The number of nitrogens with zero attached hydrogens (tertiary/aromatic N) is 7. The zero-order valence-corrected chi connectivity index (χ0v) is 55.1. The Morgan fingerprint density at radius 2 is 1.21 bits per heavy atom. The molecule has 1 aliphatic carbocycles. The van der Waals surface area contributed by atoms with E-state index in [0.29, 0.717) is 31.4 Å². The van der Waals surface area contributed by atoms with Gasteiger partial charge < -0.3 is 55.6 Å². The number of benzene rings is 1. The Bertz CT molecular complexity index is 2750. The predicted molar refractivity (Wildman–Crippen MR) is 325 cm³/mol. The van der Waals surface area contributed by atoms with E-state index in [9.17, 15) is 74.3 Å². The number of amides is 11. The topological polar surface area (TPSA) is 259 Å². The van der Waals surface area contributed by atoms with E-state index in [4.69, 9.17) is 0 Å². The van der Waals surface area contributed by atoms with Gasteiger partial charge in [0.25, 0.3) is 0 Å². The number of carbonyl (C=O) groups excluding carboxylic acids is 11. The van der Waals surface area contributed by atoms with Crippen molar-refractivity contribution >= 4 is 65.0 Å². The highest BCUT2D eigenvalue weighted by Crippen LogP contribution is 2.35. The molecule has 512 valence electrons. The molecule has 2 heterocycles. The van der Waals surface area contributed by atoms with Crippen LogP contribution >= 0.6 is 0 Å². The molecule has 1 saturated carbocycles. The fraction of sp³-hybridized carbons (Fsp3) is 0.730. The Kier molecular flexibility index (Phi) is 28.6. The number of alkyl halides is 5. The molecule has 4 rings (SSSR count). The Morgan fingerprint density at radius 3 is 1.78 bits per heavy atom. The van der Waals surface area contributed by atoms with Crippen LogP contribution in [0.15, 0.2) is 18.2 Å². The van der Waals surface area contributed by atoms with Gasteiger partial charge in [-0.25, -0.2) is 13.2 Å². The second-order valence-electron chi connectivity index (χ2n) is 26.0. The molecule has 11 amide bonds. The highest BCUT2D eigenvalue weighted by atomic mass is 19.4. The van der Waals surface area contributed by atoms with Gasteiger partial charge in [-0.05, 0) is 107 Å². The molecule has 0 bridgehead atoms. The predicted octanol–water partition coefficient (Wildman–Crippen LogP) is 4.90. The van der Waals surface area contributed by atoms with Crippen LogP contribution in [-0.2, 0) is 65.3 Å². The summed E-state index contributed by atoms with van der Waals surface area (Å²) in [6.07, 6.45) is -6.97. The summed E-state index contributed by atoms with van der Waals surface area (Å²) >= 11 is 0. The molecule has 1 spiro atoms. The van der Waals surface area contributed by atoms with Crippen LogP contribution in [0.5, 0.6) is 0 Å². The summed E-state index contributed by atoms with van der Waals surface area (Å²) in [5.41, 5.74) is -3.07. The van der Waals surface area contributed by atoms with Gasteiger partial charge in [0.2, 0.25) is 71.4 Å². The van der Waals surface area contributed by atoms with Crippen LogP contribution in [0.4, 0.5) is 26.3 Å². The number of aryl methyl sites for hydroxylation is 1. The van der Waals surface area contributed by atoms with Crippen molar-refractivity contribution in [2.45, 2.75) is 212 Å². The van der Waals surface area contributed by atoms with E-state index in [1.165, 1.54) is 57.0 Å². The lowest BCUT2D eigenvalue weighted by atomic mass is 9.92. The van der Waals surface area contributed by atoms with Crippen molar-refractivity contribution in [2.24, 2.45) is 17.8 Å². The number of fused-ring (bicyclic) bond motifs is 1. The monoisotopic (exact) mass is 1300 g/mol. The van der Waals surface area contributed by atoms with Crippen molar-refractivity contribution in [3.8, 4) is 0 Å². The molecule has 1 aromatic rings. The normalized spacial score (nSPS) is 25.0. The largest absolute Gasteiger partial charge is 0.419 e. The Balaban J connectivity index is 1.81. The molecule has 4 N–H and O–H groups in total. The maximum atomic E-state index is 15.0. The first-order valence-electron chi connectivity index (χ1n) is 31.6. The highest BCUT2D eigenvalue weighted by Gasteiger charge is 2.49. The van der Waals surface area contributed by atoms with Gasteiger partial charge in [0.05, 0.1) is 25.2 Å². The van der Waals surface area contributed by atoms with Crippen molar-refractivity contribution in [1.29, 1.82) is 0 Å². The molecule has 1 aromatic carbocycles. The third-order valence-electron chi connectivity index (χ3n) is 17.7. The Morgan fingerprint density at radius 1 is 0.637 bits per heavy atom. The van der Waals surface area contributed by atoms with Gasteiger partial charge in [-0.15, -0.1) is 0 Å². The maximum Gasteiger partial charge on any atom is 0.419 e. The van der Waals surface area contributed by atoms with Crippen molar-refractivity contribution in [3.63, 3.8) is 0 Å². The van der Waals surface area contributed by atoms with Gasteiger partial charge in [0.15, 0.2) is 0 Å². The summed E-state index contributed by atoms with van der Waals surface area (Å²) in [7, 11) is 7.96. The van der Waals surface area contributed by atoms with Gasteiger partial charge in [-0.1, -0.05) is 73.3 Å². The van der Waals surface area contributed by atoms with Crippen molar-refractivity contribution in [3.05, 3.63) is 35.1 Å². The van der Waals surface area contributed by atoms with Crippen LogP contribution in [0.25, 0.3) is 0 Å². The minimum Gasteiger partial charge on any atom is -0.351 e. The second kappa shape index (κ2) is 34.0. The lowest BCUT2D eigenvalue weighted by Gasteiger charge is -2.39. The first kappa shape index (κ1) is 76.4. The average Bonchev–Trinajstić information content (AvgIpc) is 1.78. The average molecular weight is 1300 g/mol. The van der Waals surface area contributed by atoms with Gasteiger partial charge in [0, 0.05) is 67.7 Å². The quantitative estimate of drug-likeness (QED) is 0.144. The third kappa shape index (κ3) is 21.3. The molecule has 22 nitrogen and oxygen atoms in total. The minimum atomic E-state index is -5.02. The minimum absolute atomic E-state index is 0.00543. The fourth-order valence-corrected chi connectivity index (χ4v) is 12.0. The van der Waals surface area contributed by atoms with Gasteiger partial charge in [-0.3, -0.25) is 52.7 Å². The zero-order valence-electron chi connectivity index (χ0n) is 55.1. The van der Waals surface area contributed by atoms with E-state index >= 15 is 4.79 Å².